The molecule has 0 atom stereocenters. The minimum Gasteiger partial charge on any atom is -0.495 e. The van der Waals surface area contributed by atoms with E-state index >= 15 is 0 Å². The molecule has 2 aromatic carbocycles. The summed E-state index contributed by atoms with van der Waals surface area (Å²) in [7, 11) is 1.67. The highest BCUT2D eigenvalue weighted by Crippen LogP contribution is 2.30. The van der Waals surface area contributed by atoms with Gasteiger partial charge in [0.15, 0.2) is 4.80 Å². The molecule has 3 aromatic rings. The van der Waals surface area contributed by atoms with Gasteiger partial charge in [0.2, 0.25) is 0 Å². The number of ether oxygens (including phenoxy) is 1. The Kier molecular flexibility index (Phi) is 6.07. The summed E-state index contributed by atoms with van der Waals surface area (Å²) < 4.78 is 8.68. The molecule has 0 fully saturated rings. The van der Waals surface area contributed by atoms with Crippen LogP contribution in [0.3, 0.4) is 0 Å². The molecule has 4 nitrogen and oxygen atoms in total. The maximum Gasteiger partial charge on any atom is 0.279 e. The number of aryl methyl sites for hydroxylation is 2. The lowest BCUT2D eigenvalue weighted by atomic mass is 10.2. The average Bonchev–Trinajstić information content (AvgIpc) is 3.01. The van der Waals surface area contributed by atoms with Crippen molar-refractivity contribution in [3.05, 3.63) is 52.3 Å². The van der Waals surface area contributed by atoms with E-state index in [0.29, 0.717) is 15.6 Å². The lowest BCUT2D eigenvalue weighted by Gasteiger charge is -2.07. The van der Waals surface area contributed by atoms with Crippen molar-refractivity contribution in [1.29, 1.82) is 0 Å². The van der Waals surface area contributed by atoms with Crippen LogP contribution in [0.4, 0.5) is 0 Å². The third-order valence-corrected chi connectivity index (χ3v) is 6.42. The number of amides is 1. The normalized spacial score (nSPS) is 12.1. The number of methoxy groups -OCH3 is 1. The summed E-state index contributed by atoms with van der Waals surface area (Å²) in [5.41, 5.74) is 2.76. The van der Waals surface area contributed by atoms with Crippen molar-refractivity contribution in [3.63, 3.8) is 0 Å². The van der Waals surface area contributed by atoms with Crippen LogP contribution in [0.2, 0.25) is 0 Å². The molecular formula is C21H24N2O2S2. The second kappa shape index (κ2) is 8.31. The van der Waals surface area contributed by atoms with Gasteiger partial charge in [0, 0.05) is 22.3 Å². The molecule has 1 heterocycles. The topological polar surface area (TPSA) is 43.6 Å². The number of aromatic nitrogens is 1. The van der Waals surface area contributed by atoms with Gasteiger partial charge in [-0.3, -0.25) is 4.79 Å². The highest BCUT2D eigenvalue weighted by Gasteiger charge is 2.14. The third-order valence-electron chi connectivity index (χ3n) is 4.19. The van der Waals surface area contributed by atoms with Gasteiger partial charge in [-0.25, -0.2) is 0 Å². The Morgan fingerprint density at radius 2 is 1.93 bits per heavy atom. The highest BCUT2D eigenvalue weighted by atomic mass is 32.2. The van der Waals surface area contributed by atoms with Gasteiger partial charge in [-0.1, -0.05) is 31.3 Å². The van der Waals surface area contributed by atoms with E-state index in [2.05, 4.69) is 32.7 Å². The van der Waals surface area contributed by atoms with Gasteiger partial charge in [0.05, 0.1) is 11.8 Å². The number of benzene rings is 2. The fourth-order valence-electron chi connectivity index (χ4n) is 2.92. The predicted octanol–water partition coefficient (Wildman–Crippen LogP) is 5.28. The molecule has 0 bridgehead atoms. The first-order chi connectivity index (χ1) is 12.9. The Bertz CT molecular complexity index is 1030. The number of rotatable bonds is 5. The van der Waals surface area contributed by atoms with E-state index in [4.69, 9.17) is 4.74 Å². The molecule has 1 amide bonds. The number of carbonyl (C=O) groups is 1. The van der Waals surface area contributed by atoms with Crippen LogP contribution in [0.15, 0.2) is 46.3 Å². The lowest BCUT2D eigenvalue weighted by Crippen LogP contribution is -2.16. The minimum atomic E-state index is -0.221. The molecule has 1 aromatic heterocycles. The fraction of sp³-hybridized carbons (Fsp3) is 0.333. The summed E-state index contributed by atoms with van der Waals surface area (Å²) in [5, 5.41) is 0.511. The lowest BCUT2D eigenvalue weighted by molar-refractivity contribution is 0.0998. The summed E-state index contributed by atoms with van der Waals surface area (Å²) >= 11 is 3.31. The summed E-state index contributed by atoms with van der Waals surface area (Å²) in [6.07, 6.45) is 0. The van der Waals surface area contributed by atoms with E-state index in [1.165, 1.54) is 11.3 Å². The fourth-order valence-corrected chi connectivity index (χ4v) is 4.94. The largest absolute Gasteiger partial charge is 0.495 e. The van der Waals surface area contributed by atoms with Crippen molar-refractivity contribution in [2.75, 3.05) is 7.11 Å². The van der Waals surface area contributed by atoms with Crippen LogP contribution < -0.4 is 9.54 Å². The number of nitrogens with zero attached hydrogens (tertiary/aromatic N) is 2. The Morgan fingerprint density at radius 3 is 2.52 bits per heavy atom. The van der Waals surface area contributed by atoms with E-state index in [0.717, 1.165) is 33.0 Å². The molecule has 0 saturated carbocycles. The molecule has 3 rings (SSSR count). The number of thiazole rings is 1. The first-order valence-corrected chi connectivity index (χ1v) is 10.7. The first-order valence-electron chi connectivity index (χ1n) is 8.97. The van der Waals surface area contributed by atoms with Crippen LogP contribution in [0.1, 0.15) is 36.7 Å². The Hall–Kier alpha value is -2.05. The van der Waals surface area contributed by atoms with Crippen molar-refractivity contribution in [3.8, 4) is 5.75 Å². The van der Waals surface area contributed by atoms with Crippen LogP contribution in [0.25, 0.3) is 10.2 Å². The summed E-state index contributed by atoms with van der Waals surface area (Å²) in [5.74, 6) is 0.583. The average molecular weight is 401 g/mol. The molecule has 0 saturated heterocycles. The van der Waals surface area contributed by atoms with Crippen molar-refractivity contribution in [2.45, 2.75) is 44.4 Å². The molecule has 0 aliphatic rings. The Labute approximate surface area is 167 Å². The minimum absolute atomic E-state index is 0.221. The Balaban J connectivity index is 2.05. The number of hydrogen-bond donors (Lipinski definition) is 0. The molecule has 27 heavy (non-hydrogen) atoms. The van der Waals surface area contributed by atoms with E-state index in [-0.39, 0.29) is 5.91 Å². The third kappa shape index (κ3) is 4.12. The monoisotopic (exact) mass is 400 g/mol. The van der Waals surface area contributed by atoms with E-state index < -0.39 is 0 Å². The van der Waals surface area contributed by atoms with Gasteiger partial charge in [-0.2, -0.15) is 4.99 Å². The van der Waals surface area contributed by atoms with Crippen LogP contribution in [0.5, 0.6) is 5.75 Å². The van der Waals surface area contributed by atoms with Crippen molar-refractivity contribution in [1.82, 2.24) is 4.57 Å². The molecule has 0 aliphatic heterocycles. The summed E-state index contributed by atoms with van der Waals surface area (Å²) in [4.78, 5) is 19.0. The molecule has 0 aliphatic carbocycles. The summed E-state index contributed by atoms with van der Waals surface area (Å²) in [6, 6.07) is 11.7. The van der Waals surface area contributed by atoms with Gasteiger partial charge in [0.1, 0.15) is 11.3 Å². The maximum atomic E-state index is 12.7. The SMILES string of the molecule is CCn1c(=NC(=O)c2ccc(SC(C)C)cc2)sc2c(C)ccc(OC)c21. The highest BCUT2D eigenvalue weighted by molar-refractivity contribution is 7.99. The zero-order chi connectivity index (χ0) is 19.6. The predicted molar refractivity (Wildman–Crippen MR) is 114 cm³/mol. The molecule has 0 radical (unpaired) electrons. The molecule has 142 valence electrons. The van der Waals surface area contributed by atoms with Gasteiger partial charge in [-0.15, -0.1) is 11.8 Å². The molecule has 0 spiro atoms. The van der Waals surface area contributed by atoms with Gasteiger partial charge >= 0.3 is 0 Å². The number of hydrogen-bond acceptors (Lipinski definition) is 4. The van der Waals surface area contributed by atoms with Crippen molar-refractivity contribution < 1.29 is 9.53 Å². The van der Waals surface area contributed by atoms with E-state index in [1.54, 1.807) is 18.9 Å². The quantitative estimate of drug-likeness (QED) is 0.547. The van der Waals surface area contributed by atoms with Crippen LogP contribution in [-0.2, 0) is 6.54 Å². The number of fused-ring (bicyclic) bond motifs is 1. The second-order valence-electron chi connectivity index (χ2n) is 6.50. The second-order valence-corrected chi connectivity index (χ2v) is 9.13. The zero-order valence-electron chi connectivity index (χ0n) is 16.3. The maximum absolute atomic E-state index is 12.7. The molecule has 0 N–H and O–H groups in total. The van der Waals surface area contributed by atoms with Crippen molar-refractivity contribution >= 4 is 39.2 Å². The molecular weight excluding hydrogens is 376 g/mol. The molecule has 6 heteroatoms. The van der Waals surface area contributed by atoms with Gasteiger partial charge in [0.25, 0.3) is 5.91 Å². The van der Waals surface area contributed by atoms with Gasteiger partial charge in [-0.05, 0) is 49.7 Å². The first kappa shape index (κ1) is 19.7. The van der Waals surface area contributed by atoms with E-state index in [1.807, 2.05) is 41.0 Å². The van der Waals surface area contributed by atoms with Crippen LogP contribution in [-0.4, -0.2) is 22.8 Å². The standard InChI is InChI=1S/C21H24N2O2S2/c1-6-23-18-17(25-5)12-7-14(4)19(18)27-21(23)22-20(24)15-8-10-16(11-9-15)26-13(2)3/h7-13H,6H2,1-5H3. The van der Waals surface area contributed by atoms with Crippen LogP contribution in [0, 0.1) is 6.92 Å². The van der Waals surface area contributed by atoms with E-state index in [9.17, 15) is 4.79 Å². The smallest absolute Gasteiger partial charge is 0.279 e. The molecule has 0 unspecified atom stereocenters. The van der Waals surface area contributed by atoms with Crippen LogP contribution >= 0.6 is 23.1 Å². The van der Waals surface area contributed by atoms with Gasteiger partial charge < -0.3 is 9.30 Å². The number of carbonyl (C=O) groups excluding carboxylic acids is 1. The zero-order valence-corrected chi connectivity index (χ0v) is 17.9. The number of thioether (sulfide) groups is 1. The summed E-state index contributed by atoms with van der Waals surface area (Å²) in [6.45, 7) is 9.14. The van der Waals surface area contributed by atoms with Crippen molar-refractivity contribution in [2.24, 2.45) is 4.99 Å². The Morgan fingerprint density at radius 1 is 1.22 bits per heavy atom.